The second-order valence-electron chi connectivity index (χ2n) is 8.78. The Labute approximate surface area is 188 Å². The van der Waals surface area contributed by atoms with Gasteiger partial charge in [0.05, 0.1) is 0 Å². The highest BCUT2D eigenvalue weighted by Crippen LogP contribution is 2.35. The monoisotopic (exact) mass is 454 g/mol. The van der Waals surface area contributed by atoms with Gasteiger partial charge in [0.15, 0.2) is 13.9 Å². The first-order valence-corrected chi connectivity index (χ1v) is 14.0. The Kier molecular flexibility index (Phi) is 7.11. The number of nitriles is 1. The fraction of sp³-hybridized carbons (Fsp3) is 0.375. The number of halogens is 1. The molecule has 168 valence electrons. The van der Waals surface area contributed by atoms with Crippen molar-refractivity contribution in [2.24, 2.45) is 0 Å². The summed E-state index contributed by atoms with van der Waals surface area (Å²) in [6.07, 6.45) is -0.0471. The molecule has 6 nitrogen and oxygen atoms in total. The van der Waals surface area contributed by atoms with Gasteiger partial charge in [0.2, 0.25) is 5.91 Å². The molecule has 2 amide bonds. The van der Waals surface area contributed by atoms with Crippen LogP contribution in [-0.2, 0) is 19.6 Å². The molecule has 8 heteroatoms. The minimum Gasteiger partial charge on any atom is -0.446 e. The zero-order valence-electron chi connectivity index (χ0n) is 18.5. The molecule has 0 radical (unpaired) electrons. The molecule has 2 aromatic carbocycles. The summed E-state index contributed by atoms with van der Waals surface area (Å²) in [6, 6.07) is 16.7. The standard InChI is InChI=1S/C24H27FN2O4Si/c1-32(2,3)31-24(17-26,19-11-13-20(25)14-12-19)15-7-10-22(28)27-21(16-30-23(27)29)18-8-5-4-6-9-18/h4-6,8-9,11-14,21H,7,10,15-16H2,1-3H3/t21-,24?/m1/s1. The van der Waals surface area contributed by atoms with Crippen molar-refractivity contribution in [3.05, 3.63) is 71.5 Å². The van der Waals surface area contributed by atoms with Crippen LogP contribution >= 0.6 is 0 Å². The van der Waals surface area contributed by atoms with E-state index < -0.39 is 31.9 Å². The molecule has 3 rings (SSSR count). The number of benzene rings is 2. The summed E-state index contributed by atoms with van der Waals surface area (Å²) < 4.78 is 24.8. The lowest BCUT2D eigenvalue weighted by Crippen LogP contribution is -2.40. The van der Waals surface area contributed by atoms with Gasteiger partial charge in [0.25, 0.3) is 0 Å². The van der Waals surface area contributed by atoms with Crippen molar-refractivity contribution in [2.45, 2.75) is 50.5 Å². The molecule has 1 unspecified atom stereocenters. The van der Waals surface area contributed by atoms with Crippen LogP contribution in [0, 0.1) is 17.1 Å². The first-order chi connectivity index (χ1) is 15.1. The van der Waals surface area contributed by atoms with E-state index in [0.29, 0.717) is 12.0 Å². The average molecular weight is 455 g/mol. The van der Waals surface area contributed by atoms with Crippen molar-refractivity contribution < 1.29 is 23.1 Å². The Morgan fingerprint density at radius 1 is 1.22 bits per heavy atom. The van der Waals surface area contributed by atoms with Crippen molar-refractivity contribution in [2.75, 3.05) is 6.61 Å². The summed E-state index contributed by atoms with van der Waals surface area (Å²) in [5.41, 5.74) is 0.0912. The lowest BCUT2D eigenvalue weighted by Gasteiger charge is -2.34. The number of ether oxygens (including phenoxy) is 1. The average Bonchev–Trinajstić information content (AvgIpc) is 3.14. The molecule has 0 aliphatic carbocycles. The fourth-order valence-corrected chi connectivity index (χ4v) is 5.18. The van der Waals surface area contributed by atoms with E-state index in [0.717, 1.165) is 10.5 Å². The Morgan fingerprint density at radius 3 is 2.47 bits per heavy atom. The van der Waals surface area contributed by atoms with Gasteiger partial charge in [-0.05, 0) is 55.7 Å². The molecule has 1 fully saturated rings. The van der Waals surface area contributed by atoms with Crippen LogP contribution in [0.3, 0.4) is 0 Å². The normalized spacial score (nSPS) is 18.0. The maximum absolute atomic E-state index is 13.5. The predicted octanol–water partition coefficient (Wildman–Crippen LogP) is 5.29. The first-order valence-electron chi connectivity index (χ1n) is 10.6. The van der Waals surface area contributed by atoms with E-state index in [1.54, 1.807) is 12.1 Å². The molecule has 0 spiro atoms. The van der Waals surface area contributed by atoms with E-state index in [1.165, 1.54) is 12.1 Å². The second kappa shape index (κ2) is 9.63. The summed E-state index contributed by atoms with van der Waals surface area (Å²) in [7, 11) is -2.16. The molecule has 1 saturated heterocycles. The molecular weight excluding hydrogens is 427 g/mol. The van der Waals surface area contributed by atoms with Crippen LogP contribution in [-0.4, -0.2) is 31.8 Å². The van der Waals surface area contributed by atoms with Gasteiger partial charge in [-0.15, -0.1) is 0 Å². The fourth-order valence-electron chi connectivity index (χ4n) is 3.87. The number of hydrogen-bond acceptors (Lipinski definition) is 5. The number of cyclic esters (lactones) is 1. The topological polar surface area (TPSA) is 79.6 Å². The molecule has 0 aromatic heterocycles. The number of amides is 2. The Hall–Kier alpha value is -3.02. The van der Waals surface area contributed by atoms with Gasteiger partial charge >= 0.3 is 6.09 Å². The molecule has 0 bridgehead atoms. The molecule has 0 N–H and O–H groups in total. The lowest BCUT2D eigenvalue weighted by atomic mass is 9.89. The highest BCUT2D eigenvalue weighted by molar-refractivity contribution is 6.69. The Bertz CT molecular complexity index is 1000. The van der Waals surface area contributed by atoms with Crippen LogP contribution in [0.15, 0.2) is 54.6 Å². The van der Waals surface area contributed by atoms with Crippen LogP contribution in [0.1, 0.15) is 36.4 Å². The number of rotatable bonds is 8. The van der Waals surface area contributed by atoms with Crippen LogP contribution in [0.5, 0.6) is 0 Å². The lowest BCUT2D eigenvalue weighted by molar-refractivity contribution is -0.129. The van der Waals surface area contributed by atoms with Gasteiger partial charge in [-0.2, -0.15) is 5.26 Å². The van der Waals surface area contributed by atoms with Crippen molar-refractivity contribution >= 4 is 20.3 Å². The third kappa shape index (κ3) is 5.42. The highest BCUT2D eigenvalue weighted by atomic mass is 28.4. The van der Waals surface area contributed by atoms with E-state index in [2.05, 4.69) is 6.07 Å². The zero-order valence-corrected chi connectivity index (χ0v) is 19.5. The van der Waals surface area contributed by atoms with Crippen molar-refractivity contribution in [1.29, 1.82) is 5.26 Å². The molecule has 1 aliphatic heterocycles. The Morgan fingerprint density at radius 2 is 1.88 bits per heavy atom. The number of carbonyl (C=O) groups is 2. The summed E-state index contributed by atoms with van der Waals surface area (Å²) in [6.45, 7) is 6.03. The van der Waals surface area contributed by atoms with Crippen LogP contribution in [0.2, 0.25) is 19.6 Å². The van der Waals surface area contributed by atoms with E-state index in [9.17, 15) is 19.2 Å². The van der Waals surface area contributed by atoms with E-state index in [1.807, 2.05) is 50.0 Å². The molecular formula is C24H27FN2O4Si. The van der Waals surface area contributed by atoms with Gasteiger partial charge in [0.1, 0.15) is 24.5 Å². The SMILES string of the molecule is C[Si](C)(C)OC(C#N)(CCCC(=O)N1C(=O)OC[C@@H]1c1ccccc1)c1ccc(F)cc1. The number of nitrogens with zero attached hydrogens (tertiary/aromatic N) is 2. The van der Waals surface area contributed by atoms with Crippen molar-refractivity contribution in [3.63, 3.8) is 0 Å². The highest BCUT2D eigenvalue weighted by Gasteiger charge is 2.40. The minimum absolute atomic E-state index is 0.0537. The van der Waals surface area contributed by atoms with Crippen molar-refractivity contribution in [3.8, 4) is 6.07 Å². The third-order valence-corrected chi connectivity index (χ3v) is 6.18. The maximum Gasteiger partial charge on any atom is 0.417 e. The number of hydrogen-bond donors (Lipinski definition) is 0. The summed E-state index contributed by atoms with van der Waals surface area (Å²) >= 11 is 0. The van der Waals surface area contributed by atoms with Gasteiger partial charge < -0.3 is 9.16 Å². The molecule has 1 heterocycles. The Balaban J connectivity index is 1.75. The van der Waals surface area contributed by atoms with Crippen molar-refractivity contribution in [1.82, 2.24) is 4.90 Å². The van der Waals surface area contributed by atoms with Gasteiger partial charge in [0, 0.05) is 6.42 Å². The molecule has 2 atom stereocenters. The van der Waals surface area contributed by atoms with Crippen LogP contribution in [0.25, 0.3) is 0 Å². The maximum atomic E-state index is 13.5. The first kappa shape index (κ1) is 23.6. The van der Waals surface area contributed by atoms with Gasteiger partial charge in [-0.3, -0.25) is 4.79 Å². The minimum atomic E-state index is -2.16. The van der Waals surface area contributed by atoms with E-state index in [4.69, 9.17) is 9.16 Å². The summed E-state index contributed by atoms with van der Waals surface area (Å²) in [5.74, 6) is -0.761. The van der Waals surface area contributed by atoms with Gasteiger partial charge in [-0.1, -0.05) is 42.5 Å². The van der Waals surface area contributed by atoms with Gasteiger partial charge in [-0.25, -0.2) is 14.1 Å². The summed E-state index contributed by atoms with van der Waals surface area (Å²) in [4.78, 5) is 26.3. The van der Waals surface area contributed by atoms with Crippen LogP contribution in [0.4, 0.5) is 9.18 Å². The summed E-state index contributed by atoms with van der Waals surface area (Å²) in [5, 5.41) is 10.1. The largest absolute Gasteiger partial charge is 0.446 e. The third-order valence-electron chi connectivity index (χ3n) is 5.22. The molecule has 1 aliphatic rings. The smallest absolute Gasteiger partial charge is 0.417 e. The second-order valence-corrected chi connectivity index (χ2v) is 13.2. The van der Waals surface area contributed by atoms with Crippen LogP contribution < -0.4 is 0 Å². The molecule has 32 heavy (non-hydrogen) atoms. The predicted molar refractivity (Wildman–Crippen MR) is 119 cm³/mol. The zero-order chi connectivity index (χ0) is 23.4. The van der Waals surface area contributed by atoms with E-state index in [-0.39, 0.29) is 25.4 Å². The quantitative estimate of drug-likeness (QED) is 0.507. The number of imide groups is 1. The number of carbonyl (C=O) groups excluding carboxylic acids is 2. The molecule has 2 aromatic rings. The molecule has 0 saturated carbocycles. The van der Waals surface area contributed by atoms with E-state index >= 15 is 0 Å².